The van der Waals surface area contributed by atoms with Crippen LogP contribution in [-0.4, -0.2) is 26.0 Å². The molecule has 0 saturated heterocycles. The molecule has 1 aromatic carbocycles. The average Bonchev–Trinajstić information content (AvgIpc) is 2.61. The summed E-state index contributed by atoms with van der Waals surface area (Å²) in [6.45, 7) is 2.37. The van der Waals surface area contributed by atoms with Gasteiger partial charge in [-0.1, -0.05) is 44.4 Å². The molecule has 134 valence electrons. The van der Waals surface area contributed by atoms with Crippen LogP contribution in [0.1, 0.15) is 69.8 Å². The molecule has 0 radical (unpaired) electrons. The Kier molecular flexibility index (Phi) is 8.10. The molecule has 1 aliphatic rings. The molecule has 0 aliphatic heterocycles. The lowest BCUT2D eigenvalue weighted by molar-refractivity contribution is -0.151. The summed E-state index contributed by atoms with van der Waals surface area (Å²) in [6.07, 6.45) is 7.83. The van der Waals surface area contributed by atoms with Crippen molar-refractivity contribution in [2.75, 3.05) is 13.9 Å². The molecular weight excluding hydrogens is 304 g/mol. The molecule has 4 heteroatoms. The Labute approximate surface area is 145 Å². The lowest BCUT2D eigenvalue weighted by atomic mass is 9.81. The lowest BCUT2D eigenvalue weighted by Gasteiger charge is -2.32. The van der Waals surface area contributed by atoms with E-state index >= 15 is 0 Å². The Morgan fingerprint density at radius 1 is 1.17 bits per heavy atom. The third kappa shape index (κ3) is 5.52. The van der Waals surface area contributed by atoms with E-state index < -0.39 is 0 Å². The molecule has 1 aliphatic carbocycles. The first-order valence-corrected chi connectivity index (χ1v) is 9.16. The van der Waals surface area contributed by atoms with E-state index in [1.165, 1.54) is 0 Å². The van der Waals surface area contributed by atoms with Gasteiger partial charge in [0.25, 0.3) is 0 Å². The molecule has 1 aromatic rings. The number of methoxy groups -OCH3 is 1. The highest BCUT2D eigenvalue weighted by Crippen LogP contribution is 2.39. The Hall–Kier alpha value is -1.55. The van der Waals surface area contributed by atoms with Gasteiger partial charge in [0.15, 0.2) is 6.79 Å². The van der Waals surface area contributed by atoms with Crippen molar-refractivity contribution in [3.05, 3.63) is 29.8 Å². The number of para-hydroxylation sites is 1. The average molecular weight is 334 g/mol. The van der Waals surface area contributed by atoms with Crippen LogP contribution in [0.25, 0.3) is 0 Å². The fourth-order valence-corrected chi connectivity index (χ4v) is 3.38. The first kappa shape index (κ1) is 18.8. The minimum atomic E-state index is -0.0596. The maximum atomic E-state index is 12.1. The molecule has 1 fully saturated rings. The van der Waals surface area contributed by atoms with Crippen LogP contribution in [0.4, 0.5) is 0 Å². The third-order valence-corrected chi connectivity index (χ3v) is 4.62. The van der Waals surface area contributed by atoms with E-state index in [1.807, 2.05) is 18.2 Å². The van der Waals surface area contributed by atoms with Gasteiger partial charge < -0.3 is 14.2 Å². The number of ether oxygens (including phenoxy) is 3. The number of hydrogen-bond donors (Lipinski definition) is 0. The topological polar surface area (TPSA) is 44.8 Å². The standard InChI is InChI=1S/C20H30O4/c1-3-4-5-14-20(21)24-19-13-9-7-11-17(19)16-10-6-8-12-18(16)23-15-22-2/h6,8,10,12,17,19H,3-5,7,9,11,13-15H2,1-2H3/t17-,19+/m0/s1. The number of carbonyl (C=O) groups excluding carboxylic acids is 1. The molecule has 0 bridgehead atoms. The second-order valence-corrected chi connectivity index (χ2v) is 6.47. The number of esters is 1. The minimum Gasteiger partial charge on any atom is -0.467 e. The van der Waals surface area contributed by atoms with Gasteiger partial charge in [0.2, 0.25) is 0 Å². The number of rotatable bonds is 9. The van der Waals surface area contributed by atoms with E-state index in [0.29, 0.717) is 6.42 Å². The van der Waals surface area contributed by atoms with Crippen molar-refractivity contribution in [1.82, 2.24) is 0 Å². The van der Waals surface area contributed by atoms with E-state index in [-0.39, 0.29) is 24.8 Å². The zero-order valence-electron chi connectivity index (χ0n) is 15.0. The van der Waals surface area contributed by atoms with Crippen LogP contribution in [0.15, 0.2) is 24.3 Å². The summed E-state index contributed by atoms with van der Waals surface area (Å²) >= 11 is 0. The molecular formula is C20H30O4. The van der Waals surface area contributed by atoms with Gasteiger partial charge in [-0.25, -0.2) is 0 Å². The third-order valence-electron chi connectivity index (χ3n) is 4.62. The van der Waals surface area contributed by atoms with Crippen molar-refractivity contribution in [2.24, 2.45) is 0 Å². The van der Waals surface area contributed by atoms with Gasteiger partial charge in [0.1, 0.15) is 11.9 Å². The monoisotopic (exact) mass is 334 g/mol. The van der Waals surface area contributed by atoms with Gasteiger partial charge in [0.05, 0.1) is 0 Å². The zero-order chi connectivity index (χ0) is 17.2. The first-order chi connectivity index (χ1) is 11.8. The van der Waals surface area contributed by atoms with Crippen molar-refractivity contribution in [1.29, 1.82) is 0 Å². The number of benzene rings is 1. The molecule has 0 unspecified atom stereocenters. The molecule has 2 atom stereocenters. The molecule has 0 aromatic heterocycles. The molecule has 0 N–H and O–H groups in total. The Morgan fingerprint density at radius 2 is 1.96 bits per heavy atom. The van der Waals surface area contributed by atoms with Gasteiger partial charge in [0, 0.05) is 25.0 Å². The molecule has 0 spiro atoms. The second kappa shape index (κ2) is 10.3. The Morgan fingerprint density at radius 3 is 2.75 bits per heavy atom. The number of carbonyl (C=O) groups is 1. The molecule has 24 heavy (non-hydrogen) atoms. The van der Waals surface area contributed by atoms with Gasteiger partial charge in [-0.2, -0.15) is 0 Å². The highest BCUT2D eigenvalue weighted by atomic mass is 16.7. The molecule has 2 rings (SSSR count). The zero-order valence-corrected chi connectivity index (χ0v) is 15.0. The molecule has 0 amide bonds. The Balaban J connectivity index is 2.04. The molecule has 0 heterocycles. The van der Waals surface area contributed by atoms with Crippen LogP contribution in [-0.2, 0) is 14.3 Å². The summed E-state index contributed by atoms with van der Waals surface area (Å²) in [5.74, 6) is 0.982. The summed E-state index contributed by atoms with van der Waals surface area (Å²) in [6, 6.07) is 8.02. The maximum Gasteiger partial charge on any atom is 0.306 e. The van der Waals surface area contributed by atoms with E-state index in [1.54, 1.807) is 7.11 Å². The number of hydrogen-bond acceptors (Lipinski definition) is 4. The summed E-state index contributed by atoms with van der Waals surface area (Å²) in [4.78, 5) is 12.1. The molecule has 1 saturated carbocycles. The predicted octanol–water partition coefficient (Wildman–Crippen LogP) is 4.82. The SMILES string of the molecule is CCCCCC(=O)O[C@@H]1CCCC[C@H]1c1ccccc1OCOC. The van der Waals surface area contributed by atoms with E-state index in [9.17, 15) is 4.79 Å². The lowest BCUT2D eigenvalue weighted by Crippen LogP contribution is -2.29. The van der Waals surface area contributed by atoms with Crippen LogP contribution in [0.5, 0.6) is 5.75 Å². The molecule has 4 nitrogen and oxygen atoms in total. The van der Waals surface area contributed by atoms with Crippen LogP contribution in [0.2, 0.25) is 0 Å². The Bertz CT molecular complexity index is 500. The van der Waals surface area contributed by atoms with E-state index in [4.69, 9.17) is 14.2 Å². The summed E-state index contributed by atoms with van der Waals surface area (Å²) in [5.41, 5.74) is 1.13. The largest absolute Gasteiger partial charge is 0.467 e. The number of unbranched alkanes of at least 4 members (excludes halogenated alkanes) is 2. The van der Waals surface area contributed by atoms with E-state index in [0.717, 1.165) is 56.3 Å². The predicted molar refractivity (Wildman–Crippen MR) is 94.2 cm³/mol. The highest BCUT2D eigenvalue weighted by Gasteiger charge is 2.31. The van der Waals surface area contributed by atoms with Gasteiger partial charge in [-0.15, -0.1) is 0 Å². The van der Waals surface area contributed by atoms with Crippen LogP contribution in [0.3, 0.4) is 0 Å². The van der Waals surface area contributed by atoms with E-state index in [2.05, 4.69) is 13.0 Å². The van der Waals surface area contributed by atoms with Crippen molar-refractivity contribution in [3.8, 4) is 5.75 Å². The van der Waals surface area contributed by atoms with Crippen LogP contribution >= 0.6 is 0 Å². The minimum absolute atomic E-state index is 0.0415. The van der Waals surface area contributed by atoms with Gasteiger partial charge in [-0.05, 0) is 31.7 Å². The van der Waals surface area contributed by atoms with Crippen molar-refractivity contribution < 1.29 is 19.0 Å². The summed E-state index contributed by atoms with van der Waals surface area (Å²) in [5, 5.41) is 0. The van der Waals surface area contributed by atoms with Crippen molar-refractivity contribution in [3.63, 3.8) is 0 Å². The van der Waals surface area contributed by atoms with Gasteiger partial charge in [-0.3, -0.25) is 4.79 Å². The fourth-order valence-electron chi connectivity index (χ4n) is 3.38. The van der Waals surface area contributed by atoms with Crippen LogP contribution in [0, 0.1) is 0 Å². The van der Waals surface area contributed by atoms with Gasteiger partial charge >= 0.3 is 5.97 Å². The normalized spacial score (nSPS) is 20.6. The van der Waals surface area contributed by atoms with Crippen molar-refractivity contribution >= 4 is 5.97 Å². The fraction of sp³-hybridized carbons (Fsp3) is 0.650. The highest BCUT2D eigenvalue weighted by molar-refractivity contribution is 5.69. The summed E-state index contributed by atoms with van der Waals surface area (Å²) < 4.78 is 16.6. The van der Waals surface area contributed by atoms with Crippen LogP contribution < -0.4 is 4.74 Å². The smallest absolute Gasteiger partial charge is 0.306 e. The summed E-state index contributed by atoms with van der Waals surface area (Å²) in [7, 11) is 1.62. The quantitative estimate of drug-likeness (QED) is 0.369. The maximum absolute atomic E-state index is 12.1. The van der Waals surface area contributed by atoms with Crippen molar-refractivity contribution in [2.45, 2.75) is 70.3 Å². The first-order valence-electron chi connectivity index (χ1n) is 9.16. The second-order valence-electron chi connectivity index (χ2n) is 6.47.